The van der Waals surface area contributed by atoms with E-state index in [4.69, 9.17) is 4.74 Å². The van der Waals surface area contributed by atoms with E-state index in [1.54, 1.807) is 0 Å². The summed E-state index contributed by atoms with van der Waals surface area (Å²) in [6.45, 7) is 7.61. The second-order valence-corrected chi connectivity index (χ2v) is 5.59. The van der Waals surface area contributed by atoms with E-state index >= 15 is 0 Å². The van der Waals surface area contributed by atoms with Crippen molar-refractivity contribution in [3.05, 3.63) is 34.9 Å². The first-order valence-electron chi connectivity index (χ1n) is 6.35. The maximum Gasteiger partial charge on any atom is 0.0710 e. The van der Waals surface area contributed by atoms with Gasteiger partial charge in [0.25, 0.3) is 0 Å². The van der Waals surface area contributed by atoms with E-state index < -0.39 is 5.60 Å². The Labute approximate surface area is 104 Å². The predicted molar refractivity (Wildman–Crippen MR) is 69.2 cm³/mol. The van der Waals surface area contributed by atoms with Crippen molar-refractivity contribution in [2.75, 3.05) is 13.2 Å². The van der Waals surface area contributed by atoms with E-state index in [1.165, 1.54) is 16.7 Å². The molecule has 1 aromatic carbocycles. The minimum atomic E-state index is -0.656. The Bertz CT molecular complexity index is 370. The van der Waals surface area contributed by atoms with Crippen LogP contribution in [-0.2, 0) is 11.2 Å². The van der Waals surface area contributed by atoms with Crippen LogP contribution < -0.4 is 0 Å². The number of aliphatic hydroxyl groups is 1. The van der Waals surface area contributed by atoms with Crippen LogP contribution in [0.1, 0.15) is 30.0 Å². The third-order valence-electron chi connectivity index (χ3n) is 3.65. The van der Waals surface area contributed by atoms with Crippen molar-refractivity contribution in [2.24, 2.45) is 5.92 Å². The molecule has 17 heavy (non-hydrogen) atoms. The van der Waals surface area contributed by atoms with Gasteiger partial charge >= 0.3 is 0 Å². The number of rotatable bonds is 3. The second kappa shape index (κ2) is 4.79. The van der Waals surface area contributed by atoms with Crippen LogP contribution in [0.2, 0.25) is 0 Å². The zero-order chi connectivity index (χ0) is 12.5. The molecule has 0 saturated carbocycles. The molecule has 2 nitrogen and oxygen atoms in total. The van der Waals surface area contributed by atoms with Gasteiger partial charge in [0.15, 0.2) is 0 Å². The summed E-state index contributed by atoms with van der Waals surface area (Å²) in [6.07, 6.45) is 1.68. The molecule has 1 fully saturated rings. The second-order valence-electron chi connectivity index (χ2n) is 5.59. The minimum Gasteiger partial charge on any atom is -0.389 e. The van der Waals surface area contributed by atoms with Gasteiger partial charge in [-0.1, -0.05) is 29.3 Å². The molecule has 1 N–H and O–H groups in total. The molecule has 2 rings (SSSR count). The van der Waals surface area contributed by atoms with Gasteiger partial charge in [-0.2, -0.15) is 0 Å². The lowest BCUT2D eigenvalue weighted by Gasteiger charge is -2.29. The average Bonchev–Trinajstić information content (AvgIpc) is 2.67. The minimum absolute atomic E-state index is 0.267. The molecule has 1 aliphatic rings. The molecule has 0 spiro atoms. The molecule has 1 aliphatic heterocycles. The van der Waals surface area contributed by atoms with Crippen molar-refractivity contribution in [3.63, 3.8) is 0 Å². The molecular formula is C15H22O2. The molecular weight excluding hydrogens is 212 g/mol. The first-order chi connectivity index (χ1) is 7.97. The van der Waals surface area contributed by atoms with E-state index in [0.29, 0.717) is 13.0 Å². The molecule has 1 aromatic rings. The van der Waals surface area contributed by atoms with Crippen LogP contribution in [0.4, 0.5) is 0 Å². The van der Waals surface area contributed by atoms with Crippen LogP contribution in [0.3, 0.4) is 0 Å². The lowest BCUT2D eigenvalue weighted by molar-refractivity contribution is -0.00455. The van der Waals surface area contributed by atoms with Crippen molar-refractivity contribution < 1.29 is 9.84 Å². The Hall–Kier alpha value is -0.860. The lowest BCUT2D eigenvalue weighted by atomic mass is 9.83. The number of hydrogen-bond donors (Lipinski definition) is 1. The van der Waals surface area contributed by atoms with Crippen LogP contribution in [0, 0.1) is 19.8 Å². The van der Waals surface area contributed by atoms with Crippen molar-refractivity contribution in [2.45, 2.75) is 39.2 Å². The van der Waals surface area contributed by atoms with Gasteiger partial charge in [0.2, 0.25) is 0 Å². The molecule has 0 aliphatic carbocycles. The van der Waals surface area contributed by atoms with Crippen molar-refractivity contribution in [1.29, 1.82) is 0 Å². The Morgan fingerprint density at radius 1 is 1.29 bits per heavy atom. The van der Waals surface area contributed by atoms with Gasteiger partial charge in [-0.05, 0) is 32.8 Å². The number of hydrogen-bond acceptors (Lipinski definition) is 2. The Morgan fingerprint density at radius 2 is 1.94 bits per heavy atom. The third kappa shape index (κ3) is 3.08. The van der Waals surface area contributed by atoms with Gasteiger partial charge in [-0.25, -0.2) is 0 Å². The monoisotopic (exact) mass is 234 g/mol. The zero-order valence-corrected chi connectivity index (χ0v) is 11.0. The van der Waals surface area contributed by atoms with E-state index in [9.17, 15) is 5.11 Å². The average molecular weight is 234 g/mol. The molecule has 0 radical (unpaired) electrons. The van der Waals surface area contributed by atoms with Crippen LogP contribution in [0.25, 0.3) is 0 Å². The summed E-state index contributed by atoms with van der Waals surface area (Å²) in [5.74, 6) is 0.267. The molecule has 1 heterocycles. The third-order valence-corrected chi connectivity index (χ3v) is 3.65. The van der Waals surface area contributed by atoms with E-state index in [-0.39, 0.29) is 5.92 Å². The molecule has 2 atom stereocenters. The fourth-order valence-electron chi connectivity index (χ4n) is 2.75. The smallest absolute Gasteiger partial charge is 0.0710 e. The van der Waals surface area contributed by atoms with Gasteiger partial charge in [-0.15, -0.1) is 0 Å². The summed E-state index contributed by atoms with van der Waals surface area (Å²) >= 11 is 0. The molecule has 94 valence electrons. The maximum absolute atomic E-state index is 10.6. The molecule has 1 saturated heterocycles. The van der Waals surface area contributed by atoms with E-state index in [2.05, 4.69) is 32.0 Å². The largest absolute Gasteiger partial charge is 0.389 e. The summed E-state index contributed by atoms with van der Waals surface area (Å²) in [5, 5.41) is 10.6. The SMILES string of the molecule is Cc1cc(C)cc(CC(C)(O)C2CCOC2)c1. The van der Waals surface area contributed by atoms with Crippen LogP contribution in [0.15, 0.2) is 18.2 Å². The first kappa shape index (κ1) is 12.6. The van der Waals surface area contributed by atoms with Crippen LogP contribution in [-0.4, -0.2) is 23.9 Å². The highest BCUT2D eigenvalue weighted by Crippen LogP contribution is 2.29. The highest BCUT2D eigenvalue weighted by atomic mass is 16.5. The van der Waals surface area contributed by atoms with Crippen LogP contribution >= 0.6 is 0 Å². The van der Waals surface area contributed by atoms with Crippen molar-refractivity contribution in [1.82, 2.24) is 0 Å². The van der Waals surface area contributed by atoms with E-state index in [0.717, 1.165) is 13.0 Å². The Balaban J connectivity index is 2.13. The van der Waals surface area contributed by atoms with Gasteiger partial charge in [0, 0.05) is 18.9 Å². The normalized spacial score (nSPS) is 23.6. The Kier molecular flexibility index (Phi) is 3.55. The molecule has 2 heteroatoms. The molecule has 0 amide bonds. The fourth-order valence-corrected chi connectivity index (χ4v) is 2.75. The first-order valence-corrected chi connectivity index (χ1v) is 6.35. The Morgan fingerprint density at radius 3 is 2.47 bits per heavy atom. The lowest BCUT2D eigenvalue weighted by Crippen LogP contribution is -2.37. The molecule has 0 aromatic heterocycles. The van der Waals surface area contributed by atoms with Crippen LogP contribution in [0.5, 0.6) is 0 Å². The van der Waals surface area contributed by atoms with Gasteiger partial charge in [-0.3, -0.25) is 0 Å². The van der Waals surface area contributed by atoms with E-state index in [1.807, 2.05) is 6.92 Å². The van der Waals surface area contributed by atoms with Gasteiger partial charge in [0.05, 0.1) is 12.2 Å². The predicted octanol–water partition coefficient (Wildman–Crippen LogP) is 2.63. The molecule has 2 unspecified atom stereocenters. The quantitative estimate of drug-likeness (QED) is 0.871. The highest BCUT2D eigenvalue weighted by Gasteiger charge is 2.34. The topological polar surface area (TPSA) is 29.5 Å². The van der Waals surface area contributed by atoms with Gasteiger partial charge in [0.1, 0.15) is 0 Å². The number of benzene rings is 1. The van der Waals surface area contributed by atoms with Crippen molar-refractivity contribution in [3.8, 4) is 0 Å². The van der Waals surface area contributed by atoms with Crippen molar-refractivity contribution >= 4 is 0 Å². The number of aryl methyl sites for hydroxylation is 2. The zero-order valence-electron chi connectivity index (χ0n) is 11.0. The standard InChI is InChI=1S/C15H22O2/c1-11-6-12(2)8-13(7-11)9-15(3,16)14-4-5-17-10-14/h6-8,14,16H,4-5,9-10H2,1-3H3. The summed E-state index contributed by atoms with van der Waals surface area (Å²) in [5.41, 5.74) is 3.09. The van der Waals surface area contributed by atoms with Gasteiger partial charge < -0.3 is 9.84 Å². The number of ether oxygens (including phenoxy) is 1. The summed E-state index contributed by atoms with van der Waals surface area (Å²) in [7, 11) is 0. The molecule has 0 bridgehead atoms. The maximum atomic E-state index is 10.6. The summed E-state index contributed by atoms with van der Waals surface area (Å²) < 4.78 is 5.37. The fraction of sp³-hybridized carbons (Fsp3) is 0.600. The summed E-state index contributed by atoms with van der Waals surface area (Å²) in [4.78, 5) is 0. The highest BCUT2D eigenvalue weighted by molar-refractivity contribution is 5.29. The summed E-state index contributed by atoms with van der Waals surface area (Å²) in [6, 6.07) is 6.49.